The molecule has 2 heterocycles. The van der Waals surface area contributed by atoms with Crippen LogP contribution >= 0.6 is 0 Å². The Morgan fingerprint density at radius 2 is 2.17 bits per heavy atom. The summed E-state index contributed by atoms with van der Waals surface area (Å²) in [5.41, 5.74) is 1.15. The highest BCUT2D eigenvalue weighted by molar-refractivity contribution is 7.94. The van der Waals surface area contributed by atoms with Crippen LogP contribution in [0, 0.1) is 5.41 Å². The summed E-state index contributed by atoms with van der Waals surface area (Å²) in [5.74, 6) is 0.230. The largest absolute Gasteiger partial charge is 0.344 e. The molecule has 0 saturated heterocycles. The van der Waals surface area contributed by atoms with Crippen LogP contribution in [0.2, 0.25) is 0 Å². The van der Waals surface area contributed by atoms with Gasteiger partial charge in [-0.2, -0.15) is 0 Å². The third-order valence-electron chi connectivity index (χ3n) is 3.50. The van der Waals surface area contributed by atoms with Gasteiger partial charge in [-0.15, -0.1) is 0 Å². The molecule has 0 aliphatic rings. The van der Waals surface area contributed by atoms with Gasteiger partial charge < -0.3 is 15.7 Å². The Balaban J connectivity index is 2.75. The smallest absolute Gasteiger partial charge is 0.261 e. The topological polar surface area (TPSA) is 121 Å². The summed E-state index contributed by atoms with van der Waals surface area (Å²) in [6.45, 7) is 7.11. The second kappa shape index (κ2) is 6.44. The lowest BCUT2D eigenvalue weighted by Gasteiger charge is -2.19. The first-order chi connectivity index (χ1) is 11.2. The fourth-order valence-corrected chi connectivity index (χ4v) is 2.49. The molecule has 0 aromatic carbocycles. The summed E-state index contributed by atoms with van der Waals surface area (Å²) in [7, 11) is -3.54. The van der Waals surface area contributed by atoms with Crippen molar-refractivity contribution in [2.75, 3.05) is 11.6 Å². The number of imidazole rings is 1. The molecule has 0 fully saturated rings. The maximum Gasteiger partial charge on any atom is 0.261 e. The van der Waals surface area contributed by atoms with Crippen molar-refractivity contribution in [1.82, 2.24) is 14.5 Å². The van der Waals surface area contributed by atoms with Gasteiger partial charge in [-0.1, -0.05) is 6.58 Å². The molecule has 2 rings (SSSR count). The third kappa shape index (κ3) is 3.30. The van der Waals surface area contributed by atoms with E-state index in [4.69, 9.17) is 5.41 Å². The molecule has 2 aromatic rings. The van der Waals surface area contributed by atoms with E-state index in [-0.39, 0.29) is 22.1 Å². The molecule has 0 amide bonds. The minimum absolute atomic E-state index is 0.182. The van der Waals surface area contributed by atoms with Crippen LogP contribution < -0.4 is 10.9 Å². The van der Waals surface area contributed by atoms with E-state index in [1.807, 2.05) is 0 Å². The first kappa shape index (κ1) is 17.7. The third-order valence-corrected chi connectivity index (χ3v) is 4.50. The van der Waals surface area contributed by atoms with E-state index < -0.39 is 9.84 Å². The average Bonchev–Trinajstić information content (AvgIpc) is 3.00. The molecule has 0 aliphatic heterocycles. The highest BCUT2D eigenvalue weighted by atomic mass is 32.2. The summed E-state index contributed by atoms with van der Waals surface area (Å²) in [6.07, 6.45) is 3.99. The molecule has 0 aliphatic carbocycles. The Hall–Kier alpha value is -2.68. The Kier molecular flexibility index (Phi) is 4.74. The number of hydrogen-bond acceptors (Lipinski definition) is 6. The average molecular weight is 349 g/mol. The number of H-pyrrole nitrogens is 1. The lowest BCUT2D eigenvalue weighted by Crippen LogP contribution is -2.27. The monoisotopic (exact) mass is 349 g/mol. The van der Waals surface area contributed by atoms with Crippen LogP contribution in [0.1, 0.15) is 19.4 Å². The van der Waals surface area contributed by atoms with Crippen LogP contribution in [-0.2, 0) is 16.4 Å². The van der Waals surface area contributed by atoms with E-state index in [0.29, 0.717) is 23.4 Å². The summed E-state index contributed by atoms with van der Waals surface area (Å²) in [5, 5.41) is 10.4. The van der Waals surface area contributed by atoms with Crippen molar-refractivity contribution < 1.29 is 8.42 Å². The van der Waals surface area contributed by atoms with Crippen LogP contribution in [-0.4, -0.2) is 34.9 Å². The summed E-state index contributed by atoms with van der Waals surface area (Å²) in [6, 6.07) is 1.54. The second-order valence-corrected chi connectivity index (χ2v) is 7.32. The number of rotatable bonds is 6. The van der Waals surface area contributed by atoms with E-state index in [2.05, 4.69) is 21.9 Å². The number of aromatic amines is 1. The van der Waals surface area contributed by atoms with E-state index in [1.54, 1.807) is 19.9 Å². The van der Waals surface area contributed by atoms with Gasteiger partial charge >= 0.3 is 0 Å². The minimum Gasteiger partial charge on any atom is -0.344 e. The highest BCUT2D eigenvalue weighted by Crippen LogP contribution is 2.23. The van der Waals surface area contributed by atoms with Crippen molar-refractivity contribution in [2.45, 2.75) is 20.4 Å². The standard InChI is InChI=1S/C15H19N5O3S/c1-5-20-14(19-10(3)24(4,22)23)11(9(2)16)6-12(15(20)21)13-7-17-8-18-13/h6-8,16,19H,3,5H2,1-2,4H3,(H,17,18). The Bertz CT molecular complexity index is 956. The number of nitrogens with one attached hydrogen (secondary N) is 3. The van der Waals surface area contributed by atoms with Gasteiger partial charge in [0.05, 0.1) is 23.8 Å². The van der Waals surface area contributed by atoms with Gasteiger partial charge in [-0.3, -0.25) is 9.36 Å². The summed E-state index contributed by atoms with van der Waals surface area (Å²) in [4.78, 5) is 19.5. The summed E-state index contributed by atoms with van der Waals surface area (Å²) >= 11 is 0. The lowest BCUT2D eigenvalue weighted by atomic mass is 10.1. The van der Waals surface area contributed by atoms with Crippen molar-refractivity contribution >= 4 is 21.4 Å². The second-order valence-electron chi connectivity index (χ2n) is 5.28. The van der Waals surface area contributed by atoms with Gasteiger partial charge in [0.2, 0.25) is 0 Å². The molecular formula is C15H19N5O3S. The van der Waals surface area contributed by atoms with Crippen molar-refractivity contribution in [2.24, 2.45) is 0 Å². The van der Waals surface area contributed by atoms with Crippen LogP contribution in [0.5, 0.6) is 0 Å². The molecule has 3 N–H and O–H groups in total. The molecule has 0 bridgehead atoms. The number of anilines is 1. The van der Waals surface area contributed by atoms with Gasteiger partial charge in [0, 0.05) is 24.1 Å². The molecule has 0 radical (unpaired) electrons. The molecule has 0 spiro atoms. The normalized spacial score (nSPS) is 11.3. The SMILES string of the molecule is C=C(Nc1c(C(C)=N)cc(-c2cnc[nH]2)c(=O)n1CC)S(C)(=O)=O. The van der Waals surface area contributed by atoms with Gasteiger partial charge in [-0.05, 0) is 19.9 Å². The van der Waals surface area contributed by atoms with Crippen LogP contribution in [0.4, 0.5) is 5.82 Å². The van der Waals surface area contributed by atoms with Crippen molar-refractivity contribution in [3.05, 3.63) is 46.1 Å². The zero-order chi connectivity index (χ0) is 18.1. The van der Waals surface area contributed by atoms with Crippen molar-refractivity contribution in [1.29, 1.82) is 5.41 Å². The van der Waals surface area contributed by atoms with Gasteiger partial charge in [0.1, 0.15) is 10.8 Å². The highest BCUT2D eigenvalue weighted by Gasteiger charge is 2.19. The number of pyridine rings is 1. The minimum atomic E-state index is -3.54. The first-order valence-electron chi connectivity index (χ1n) is 7.15. The van der Waals surface area contributed by atoms with E-state index in [0.717, 1.165) is 6.26 Å². The maximum absolute atomic E-state index is 12.8. The number of hydrogen-bond donors (Lipinski definition) is 3. The first-order valence-corrected chi connectivity index (χ1v) is 9.04. The van der Waals surface area contributed by atoms with Gasteiger partial charge in [0.25, 0.3) is 5.56 Å². The molecule has 0 atom stereocenters. The fraction of sp³-hybridized carbons (Fsp3) is 0.267. The Morgan fingerprint density at radius 1 is 1.50 bits per heavy atom. The molecule has 0 saturated carbocycles. The fourth-order valence-electron chi connectivity index (χ4n) is 2.21. The van der Waals surface area contributed by atoms with Crippen LogP contribution in [0.25, 0.3) is 11.3 Å². The van der Waals surface area contributed by atoms with Gasteiger partial charge in [0.15, 0.2) is 9.84 Å². The number of nitrogens with zero attached hydrogens (tertiary/aromatic N) is 2. The van der Waals surface area contributed by atoms with E-state index in [9.17, 15) is 13.2 Å². The Morgan fingerprint density at radius 3 is 2.62 bits per heavy atom. The van der Waals surface area contributed by atoms with Crippen LogP contribution in [0.15, 0.2) is 35.0 Å². The molecular weight excluding hydrogens is 330 g/mol. The lowest BCUT2D eigenvalue weighted by molar-refractivity contribution is 0.607. The predicted octanol–water partition coefficient (Wildman–Crippen LogP) is 1.57. The molecule has 0 unspecified atom stereocenters. The zero-order valence-corrected chi connectivity index (χ0v) is 14.5. The Labute approximate surface area is 139 Å². The number of aromatic nitrogens is 3. The number of sulfone groups is 1. The quantitative estimate of drug-likeness (QED) is 0.684. The van der Waals surface area contributed by atoms with Gasteiger partial charge in [-0.25, -0.2) is 13.4 Å². The molecule has 2 aromatic heterocycles. The molecule has 9 heteroatoms. The van der Waals surface area contributed by atoms with E-state index >= 15 is 0 Å². The zero-order valence-electron chi connectivity index (χ0n) is 13.7. The van der Waals surface area contributed by atoms with Crippen molar-refractivity contribution in [3.63, 3.8) is 0 Å². The molecule has 8 nitrogen and oxygen atoms in total. The van der Waals surface area contributed by atoms with Crippen LogP contribution in [0.3, 0.4) is 0 Å². The predicted molar refractivity (Wildman–Crippen MR) is 94.1 cm³/mol. The molecule has 24 heavy (non-hydrogen) atoms. The molecule has 128 valence electrons. The summed E-state index contributed by atoms with van der Waals surface area (Å²) < 4.78 is 24.7. The van der Waals surface area contributed by atoms with E-state index in [1.165, 1.54) is 17.1 Å². The maximum atomic E-state index is 12.8. The van der Waals surface area contributed by atoms with Crippen molar-refractivity contribution in [3.8, 4) is 11.3 Å².